The van der Waals surface area contributed by atoms with Gasteiger partial charge < -0.3 is 20.7 Å². The van der Waals surface area contributed by atoms with Crippen LogP contribution in [0.25, 0.3) is 0 Å². The van der Waals surface area contributed by atoms with Gasteiger partial charge in [0, 0.05) is 25.2 Å². The summed E-state index contributed by atoms with van der Waals surface area (Å²) in [4.78, 5) is 26.6. The largest absolute Gasteiger partial charge is 0.497 e. The Morgan fingerprint density at radius 3 is 2.52 bits per heavy atom. The summed E-state index contributed by atoms with van der Waals surface area (Å²) in [7, 11) is 1.60. The summed E-state index contributed by atoms with van der Waals surface area (Å²) in [5, 5.41) is 3.13. The summed E-state index contributed by atoms with van der Waals surface area (Å²) >= 11 is 0. The molecule has 1 unspecified atom stereocenters. The number of nitrogens with zero attached hydrogens (tertiary/aromatic N) is 1. The van der Waals surface area contributed by atoms with Crippen LogP contribution in [0.2, 0.25) is 0 Å². The zero-order valence-electron chi connectivity index (χ0n) is 14.5. The Morgan fingerprint density at radius 1 is 1.32 bits per heavy atom. The van der Waals surface area contributed by atoms with E-state index in [1.165, 1.54) is 0 Å². The molecule has 2 fully saturated rings. The van der Waals surface area contributed by atoms with Gasteiger partial charge >= 0.3 is 0 Å². The van der Waals surface area contributed by atoms with E-state index in [4.69, 9.17) is 10.5 Å². The molecule has 1 saturated carbocycles. The van der Waals surface area contributed by atoms with Gasteiger partial charge in [-0.1, -0.05) is 12.8 Å². The van der Waals surface area contributed by atoms with Crippen molar-refractivity contribution in [1.29, 1.82) is 0 Å². The van der Waals surface area contributed by atoms with Gasteiger partial charge in [-0.3, -0.25) is 9.59 Å². The van der Waals surface area contributed by atoms with E-state index in [0.717, 1.165) is 37.1 Å². The zero-order valence-corrected chi connectivity index (χ0v) is 15.3. The predicted octanol–water partition coefficient (Wildman–Crippen LogP) is 1.86. The Bertz CT molecular complexity index is 614. The molecule has 0 aromatic heterocycles. The molecule has 1 aromatic rings. The lowest BCUT2D eigenvalue weighted by Gasteiger charge is -2.30. The van der Waals surface area contributed by atoms with Gasteiger partial charge in [0.2, 0.25) is 11.8 Å². The fourth-order valence-corrected chi connectivity index (χ4v) is 3.69. The smallest absolute Gasteiger partial charge is 0.227 e. The van der Waals surface area contributed by atoms with Crippen LogP contribution < -0.4 is 20.7 Å². The molecule has 0 radical (unpaired) electrons. The molecule has 1 saturated heterocycles. The summed E-state index contributed by atoms with van der Waals surface area (Å²) in [5.41, 5.74) is 6.41. The minimum Gasteiger partial charge on any atom is -0.497 e. The number of rotatable bonds is 5. The lowest BCUT2D eigenvalue weighted by molar-refractivity contribution is -0.127. The second-order valence-electron chi connectivity index (χ2n) is 6.78. The van der Waals surface area contributed by atoms with Gasteiger partial charge in [-0.15, -0.1) is 12.4 Å². The lowest BCUT2D eigenvalue weighted by Crippen LogP contribution is -2.53. The Hall–Kier alpha value is -1.79. The molecule has 3 N–H and O–H groups in total. The number of nitrogens with one attached hydrogen (secondary N) is 1. The van der Waals surface area contributed by atoms with Crippen molar-refractivity contribution in [1.82, 2.24) is 5.32 Å². The minimum absolute atomic E-state index is 0. The average Bonchev–Trinajstić information content (AvgIpc) is 3.22. The van der Waals surface area contributed by atoms with Crippen molar-refractivity contribution in [3.8, 4) is 5.75 Å². The first-order valence-corrected chi connectivity index (χ1v) is 8.53. The van der Waals surface area contributed by atoms with Crippen LogP contribution in [0.15, 0.2) is 24.3 Å². The van der Waals surface area contributed by atoms with Crippen LogP contribution in [-0.4, -0.2) is 37.6 Å². The molecule has 1 heterocycles. The van der Waals surface area contributed by atoms with Crippen molar-refractivity contribution in [2.75, 3.05) is 25.1 Å². The van der Waals surface area contributed by atoms with E-state index in [9.17, 15) is 9.59 Å². The highest BCUT2D eigenvalue weighted by Crippen LogP contribution is 2.31. The molecule has 3 rings (SSSR count). The van der Waals surface area contributed by atoms with Gasteiger partial charge in [-0.25, -0.2) is 0 Å². The van der Waals surface area contributed by atoms with E-state index < -0.39 is 0 Å². The molecule has 6 nitrogen and oxygen atoms in total. The van der Waals surface area contributed by atoms with E-state index in [1.54, 1.807) is 12.0 Å². The van der Waals surface area contributed by atoms with E-state index in [2.05, 4.69) is 5.32 Å². The third kappa shape index (κ3) is 4.07. The van der Waals surface area contributed by atoms with Gasteiger partial charge in [0.05, 0.1) is 18.6 Å². The van der Waals surface area contributed by atoms with Crippen molar-refractivity contribution in [2.24, 2.45) is 11.7 Å². The molecule has 1 aromatic carbocycles. The fourth-order valence-electron chi connectivity index (χ4n) is 3.69. The van der Waals surface area contributed by atoms with Crippen LogP contribution in [0.1, 0.15) is 32.1 Å². The number of hydrogen-bond acceptors (Lipinski definition) is 4. The maximum atomic E-state index is 12.6. The number of ether oxygens (including phenoxy) is 1. The van der Waals surface area contributed by atoms with Crippen molar-refractivity contribution in [3.05, 3.63) is 24.3 Å². The van der Waals surface area contributed by atoms with Gasteiger partial charge in [0.25, 0.3) is 0 Å². The van der Waals surface area contributed by atoms with Crippen molar-refractivity contribution >= 4 is 29.9 Å². The first-order valence-electron chi connectivity index (χ1n) is 8.53. The third-order valence-electron chi connectivity index (χ3n) is 5.22. The number of methoxy groups -OCH3 is 1. The second kappa shape index (κ2) is 8.06. The molecule has 2 aliphatic rings. The first-order chi connectivity index (χ1) is 11.6. The number of carbonyl (C=O) groups excluding carboxylic acids is 2. The van der Waals surface area contributed by atoms with E-state index in [-0.39, 0.29) is 42.1 Å². The molecule has 0 bridgehead atoms. The number of carbonyl (C=O) groups is 2. The molecule has 1 aliphatic carbocycles. The topological polar surface area (TPSA) is 84.7 Å². The molecule has 0 spiro atoms. The van der Waals surface area contributed by atoms with Gasteiger partial charge in [-0.2, -0.15) is 0 Å². The number of anilines is 1. The molecular weight excluding hydrogens is 342 g/mol. The summed E-state index contributed by atoms with van der Waals surface area (Å²) in [5.74, 6) is 0.356. The predicted molar refractivity (Wildman–Crippen MR) is 99.1 cm³/mol. The number of halogens is 1. The van der Waals surface area contributed by atoms with Crippen molar-refractivity contribution in [3.63, 3.8) is 0 Å². The van der Waals surface area contributed by atoms with Crippen molar-refractivity contribution < 1.29 is 14.3 Å². The Morgan fingerprint density at radius 2 is 1.96 bits per heavy atom. The first kappa shape index (κ1) is 19.5. The fraction of sp³-hybridized carbons (Fsp3) is 0.556. The number of benzene rings is 1. The average molecular weight is 368 g/mol. The van der Waals surface area contributed by atoms with E-state index in [0.29, 0.717) is 13.1 Å². The van der Waals surface area contributed by atoms with Gasteiger partial charge in [0.1, 0.15) is 5.75 Å². The molecule has 138 valence electrons. The normalized spacial score (nSPS) is 21.8. The number of nitrogens with two attached hydrogens (primary N) is 1. The Balaban J connectivity index is 0.00000225. The summed E-state index contributed by atoms with van der Waals surface area (Å²) in [6.07, 6.45) is 4.30. The second-order valence-corrected chi connectivity index (χ2v) is 6.78. The zero-order chi connectivity index (χ0) is 17.2. The van der Waals surface area contributed by atoms with E-state index in [1.807, 2.05) is 24.3 Å². The van der Waals surface area contributed by atoms with Gasteiger partial charge in [-0.05, 0) is 37.1 Å². The number of hydrogen-bond donors (Lipinski definition) is 2. The van der Waals surface area contributed by atoms with E-state index >= 15 is 0 Å². The molecule has 1 atom stereocenters. The van der Waals surface area contributed by atoms with Crippen LogP contribution in [0, 0.1) is 5.92 Å². The van der Waals surface area contributed by atoms with Crippen LogP contribution in [0.5, 0.6) is 5.75 Å². The monoisotopic (exact) mass is 367 g/mol. The summed E-state index contributed by atoms with van der Waals surface area (Å²) in [6, 6.07) is 7.32. The maximum absolute atomic E-state index is 12.6. The Kier molecular flexibility index (Phi) is 6.30. The molecule has 7 heteroatoms. The minimum atomic E-state index is -0.316. The standard InChI is InChI=1S/C18H25N3O3.ClH/c1-24-15-6-4-14(5-7-15)21-11-13(10-16(21)22)17(23)20-18(12-19)8-2-3-9-18;/h4-7,13H,2-3,8-12,19H2,1H3,(H,20,23);1H. The van der Waals surface area contributed by atoms with Gasteiger partial charge in [0.15, 0.2) is 0 Å². The van der Waals surface area contributed by atoms with Crippen LogP contribution in [0.4, 0.5) is 5.69 Å². The highest BCUT2D eigenvalue weighted by atomic mass is 35.5. The maximum Gasteiger partial charge on any atom is 0.227 e. The van der Waals surface area contributed by atoms with Crippen LogP contribution in [0.3, 0.4) is 0 Å². The summed E-state index contributed by atoms with van der Waals surface area (Å²) in [6.45, 7) is 0.874. The van der Waals surface area contributed by atoms with Crippen LogP contribution in [-0.2, 0) is 9.59 Å². The third-order valence-corrected chi connectivity index (χ3v) is 5.22. The molecule has 25 heavy (non-hydrogen) atoms. The highest BCUT2D eigenvalue weighted by molar-refractivity contribution is 6.00. The molecule has 1 aliphatic heterocycles. The number of amides is 2. The SMILES string of the molecule is COc1ccc(N2CC(C(=O)NC3(CN)CCCC3)CC2=O)cc1.Cl. The van der Waals surface area contributed by atoms with Crippen molar-refractivity contribution in [2.45, 2.75) is 37.6 Å². The Labute approximate surface area is 154 Å². The lowest BCUT2D eigenvalue weighted by atomic mass is 9.96. The van der Waals surface area contributed by atoms with Crippen LogP contribution >= 0.6 is 12.4 Å². The summed E-state index contributed by atoms with van der Waals surface area (Å²) < 4.78 is 5.14. The molecular formula is C18H26ClN3O3. The highest BCUT2D eigenvalue weighted by Gasteiger charge is 2.40. The molecule has 2 amide bonds. The quantitative estimate of drug-likeness (QED) is 0.831.